The van der Waals surface area contributed by atoms with E-state index in [1.807, 2.05) is 48.5 Å². The zero-order valence-corrected chi connectivity index (χ0v) is 12.6. The first-order valence-corrected chi connectivity index (χ1v) is 6.90. The molecule has 2 aromatic rings. The van der Waals surface area contributed by atoms with Crippen molar-refractivity contribution in [3.63, 3.8) is 0 Å². The summed E-state index contributed by atoms with van der Waals surface area (Å²) >= 11 is 3.39. The first-order chi connectivity index (χ1) is 9.69. The van der Waals surface area contributed by atoms with E-state index in [2.05, 4.69) is 26.6 Å². The molecular formula is C15H15BrN2O2. The highest BCUT2D eigenvalue weighted by Gasteiger charge is 2.06. The first-order valence-electron chi connectivity index (χ1n) is 6.11. The predicted molar refractivity (Wildman–Crippen MR) is 84.3 cm³/mol. The van der Waals surface area contributed by atoms with Crippen molar-refractivity contribution in [2.75, 3.05) is 24.3 Å². The number of anilines is 2. The third-order valence-electron chi connectivity index (χ3n) is 2.66. The zero-order chi connectivity index (χ0) is 14.4. The van der Waals surface area contributed by atoms with Crippen molar-refractivity contribution >= 4 is 33.2 Å². The van der Waals surface area contributed by atoms with Crippen LogP contribution in [0, 0.1) is 0 Å². The summed E-state index contributed by atoms with van der Waals surface area (Å²) in [5.41, 5.74) is 1.55. The van der Waals surface area contributed by atoms with Gasteiger partial charge in [0.2, 0.25) is 5.91 Å². The fourth-order valence-electron chi connectivity index (χ4n) is 1.72. The summed E-state index contributed by atoms with van der Waals surface area (Å²) in [6.07, 6.45) is 0. The van der Waals surface area contributed by atoms with Crippen LogP contribution in [-0.4, -0.2) is 19.6 Å². The van der Waals surface area contributed by atoms with Crippen LogP contribution < -0.4 is 15.4 Å². The average molecular weight is 335 g/mol. The molecule has 4 nitrogen and oxygen atoms in total. The topological polar surface area (TPSA) is 50.4 Å². The van der Waals surface area contributed by atoms with Crippen LogP contribution in [0.25, 0.3) is 0 Å². The monoisotopic (exact) mass is 334 g/mol. The maximum Gasteiger partial charge on any atom is 0.243 e. The first kappa shape index (κ1) is 14.4. The van der Waals surface area contributed by atoms with Gasteiger partial charge in [-0.1, -0.05) is 34.1 Å². The van der Waals surface area contributed by atoms with Crippen LogP contribution in [0.15, 0.2) is 53.0 Å². The number of halogens is 1. The number of nitrogens with one attached hydrogen (secondary N) is 2. The van der Waals surface area contributed by atoms with Gasteiger partial charge < -0.3 is 15.4 Å². The molecule has 0 saturated carbocycles. The lowest BCUT2D eigenvalue weighted by molar-refractivity contribution is -0.114. The van der Waals surface area contributed by atoms with Gasteiger partial charge in [0.25, 0.3) is 0 Å². The van der Waals surface area contributed by atoms with Crippen LogP contribution in [0.2, 0.25) is 0 Å². The second-order valence-electron chi connectivity index (χ2n) is 4.11. The summed E-state index contributed by atoms with van der Waals surface area (Å²) in [5.74, 6) is 0.582. The number of ether oxygens (including phenoxy) is 1. The molecule has 0 spiro atoms. The fraction of sp³-hybridized carbons (Fsp3) is 0.133. The number of amides is 1. The molecule has 2 rings (SSSR count). The number of hydrogen-bond donors (Lipinski definition) is 2. The molecule has 2 aromatic carbocycles. The van der Waals surface area contributed by atoms with Gasteiger partial charge in [-0.05, 0) is 30.3 Å². The molecule has 0 heterocycles. The fourth-order valence-corrected chi connectivity index (χ4v) is 2.08. The maximum absolute atomic E-state index is 11.8. The Morgan fingerprint density at radius 1 is 1.20 bits per heavy atom. The number of methoxy groups -OCH3 is 1. The van der Waals surface area contributed by atoms with Crippen molar-refractivity contribution in [3.05, 3.63) is 53.0 Å². The summed E-state index contributed by atoms with van der Waals surface area (Å²) in [7, 11) is 1.60. The smallest absolute Gasteiger partial charge is 0.243 e. The molecule has 2 N–H and O–H groups in total. The third-order valence-corrected chi connectivity index (χ3v) is 3.15. The van der Waals surface area contributed by atoms with Gasteiger partial charge in [0.05, 0.1) is 19.3 Å². The van der Waals surface area contributed by atoms with Crippen LogP contribution in [0.5, 0.6) is 5.75 Å². The lowest BCUT2D eigenvalue weighted by Gasteiger charge is -2.11. The number of para-hydroxylation sites is 1. The normalized spacial score (nSPS) is 9.90. The Balaban J connectivity index is 1.95. The minimum absolute atomic E-state index is 0.113. The molecule has 0 bridgehead atoms. The molecule has 104 valence electrons. The molecule has 0 atom stereocenters. The molecule has 0 aliphatic rings. The Morgan fingerprint density at radius 2 is 1.95 bits per heavy atom. The molecule has 0 fully saturated rings. The minimum atomic E-state index is -0.113. The van der Waals surface area contributed by atoms with Crippen molar-refractivity contribution in [2.24, 2.45) is 0 Å². The van der Waals surface area contributed by atoms with Gasteiger partial charge in [-0.15, -0.1) is 0 Å². The highest BCUT2D eigenvalue weighted by molar-refractivity contribution is 9.10. The van der Waals surface area contributed by atoms with E-state index < -0.39 is 0 Å². The van der Waals surface area contributed by atoms with Gasteiger partial charge >= 0.3 is 0 Å². The van der Waals surface area contributed by atoms with Crippen LogP contribution in [0.3, 0.4) is 0 Å². The maximum atomic E-state index is 11.8. The van der Waals surface area contributed by atoms with Gasteiger partial charge in [-0.3, -0.25) is 4.79 Å². The molecule has 5 heteroatoms. The van der Waals surface area contributed by atoms with Gasteiger partial charge in [-0.2, -0.15) is 0 Å². The van der Waals surface area contributed by atoms with E-state index in [9.17, 15) is 4.79 Å². The van der Waals surface area contributed by atoms with Crippen LogP contribution in [0.4, 0.5) is 11.4 Å². The van der Waals surface area contributed by atoms with Crippen LogP contribution >= 0.6 is 15.9 Å². The predicted octanol–water partition coefficient (Wildman–Crippen LogP) is 3.51. The third kappa shape index (κ3) is 3.99. The molecule has 1 amide bonds. The van der Waals surface area contributed by atoms with Gasteiger partial charge in [0, 0.05) is 10.2 Å². The summed E-state index contributed by atoms with van der Waals surface area (Å²) in [6, 6.07) is 14.9. The van der Waals surface area contributed by atoms with Crippen molar-refractivity contribution < 1.29 is 9.53 Å². The Kier molecular flexibility index (Phi) is 5.01. The lowest BCUT2D eigenvalue weighted by Crippen LogP contribution is -2.21. The molecule has 0 radical (unpaired) electrons. The van der Waals surface area contributed by atoms with Gasteiger partial charge in [0.1, 0.15) is 5.75 Å². The van der Waals surface area contributed by atoms with Crippen molar-refractivity contribution in [2.45, 2.75) is 0 Å². The number of hydrogen-bond acceptors (Lipinski definition) is 3. The Hall–Kier alpha value is -2.01. The molecule has 0 unspecified atom stereocenters. The molecular weight excluding hydrogens is 320 g/mol. The van der Waals surface area contributed by atoms with Crippen LogP contribution in [0.1, 0.15) is 0 Å². The summed E-state index contributed by atoms with van der Waals surface area (Å²) < 4.78 is 6.16. The number of carbonyl (C=O) groups is 1. The molecule has 0 aromatic heterocycles. The van der Waals surface area contributed by atoms with Gasteiger partial charge in [0.15, 0.2) is 0 Å². The van der Waals surface area contributed by atoms with E-state index >= 15 is 0 Å². The van der Waals surface area contributed by atoms with E-state index in [4.69, 9.17) is 4.74 Å². The molecule has 0 aliphatic heterocycles. The average Bonchev–Trinajstić information content (AvgIpc) is 2.46. The van der Waals surface area contributed by atoms with E-state index in [1.54, 1.807) is 7.11 Å². The second-order valence-corrected chi connectivity index (χ2v) is 5.03. The summed E-state index contributed by atoms with van der Waals surface area (Å²) in [4.78, 5) is 11.8. The quantitative estimate of drug-likeness (QED) is 0.879. The zero-order valence-electron chi connectivity index (χ0n) is 11.0. The van der Waals surface area contributed by atoms with E-state index in [-0.39, 0.29) is 12.5 Å². The van der Waals surface area contributed by atoms with Crippen molar-refractivity contribution in [1.29, 1.82) is 0 Å². The highest BCUT2D eigenvalue weighted by Crippen LogP contribution is 2.27. The number of carbonyl (C=O) groups excluding carboxylic acids is 1. The standard InChI is InChI=1S/C15H15BrN2O2/c1-20-14-8-7-11(16)9-13(14)17-10-15(19)18-12-5-3-2-4-6-12/h2-9,17H,10H2,1H3,(H,18,19). The van der Waals surface area contributed by atoms with E-state index in [1.165, 1.54) is 0 Å². The van der Waals surface area contributed by atoms with E-state index in [0.29, 0.717) is 5.75 Å². The van der Waals surface area contributed by atoms with Gasteiger partial charge in [-0.25, -0.2) is 0 Å². The molecule has 20 heavy (non-hydrogen) atoms. The molecule has 0 aliphatic carbocycles. The Labute approximate surface area is 126 Å². The second kappa shape index (κ2) is 6.96. The molecule has 0 saturated heterocycles. The SMILES string of the molecule is COc1ccc(Br)cc1NCC(=O)Nc1ccccc1. The largest absolute Gasteiger partial charge is 0.495 e. The van der Waals surface area contributed by atoms with Crippen LogP contribution in [-0.2, 0) is 4.79 Å². The van der Waals surface area contributed by atoms with Crippen molar-refractivity contribution in [3.8, 4) is 5.75 Å². The summed E-state index contributed by atoms with van der Waals surface area (Å²) in [5, 5.41) is 5.87. The lowest BCUT2D eigenvalue weighted by atomic mass is 10.3. The van der Waals surface area contributed by atoms with E-state index in [0.717, 1.165) is 15.8 Å². The number of rotatable bonds is 5. The minimum Gasteiger partial charge on any atom is -0.495 e. The number of benzene rings is 2. The Morgan fingerprint density at radius 3 is 2.65 bits per heavy atom. The van der Waals surface area contributed by atoms with Crippen molar-refractivity contribution in [1.82, 2.24) is 0 Å². The highest BCUT2D eigenvalue weighted by atomic mass is 79.9. The Bertz CT molecular complexity index is 588. The summed E-state index contributed by atoms with van der Waals surface area (Å²) in [6.45, 7) is 0.168.